The molecule has 0 aromatic rings. The molecule has 0 aromatic carbocycles. The Morgan fingerprint density at radius 1 is 0.422 bits per heavy atom. The Bertz CT molecular complexity index is 2250. The molecule has 14 atom stereocenters. The van der Waals surface area contributed by atoms with Crippen molar-refractivity contribution in [3.63, 3.8) is 0 Å². The van der Waals surface area contributed by atoms with Gasteiger partial charge in [0.05, 0.1) is 18.9 Å². The predicted molar refractivity (Wildman–Crippen MR) is 302 cm³/mol. The van der Waals surface area contributed by atoms with Gasteiger partial charge in [-0.2, -0.15) is 0 Å². The number of carbonyl (C=O) groups excluding carboxylic acids is 10. The highest BCUT2D eigenvalue weighted by Crippen LogP contribution is 2.16. The van der Waals surface area contributed by atoms with E-state index in [1.165, 1.54) is 6.92 Å². The van der Waals surface area contributed by atoms with Gasteiger partial charge in [0.1, 0.15) is 54.4 Å². The third-order valence-corrected chi connectivity index (χ3v) is 14.1. The van der Waals surface area contributed by atoms with E-state index in [4.69, 9.17) is 28.7 Å². The highest BCUT2D eigenvalue weighted by molar-refractivity contribution is 5.99. The third kappa shape index (κ3) is 28.2. The van der Waals surface area contributed by atoms with Crippen LogP contribution in [0.2, 0.25) is 0 Å². The molecule has 31 nitrogen and oxygen atoms in total. The summed E-state index contributed by atoms with van der Waals surface area (Å²) in [5, 5.41) is 51.1. The number of nitrogens with one attached hydrogen (secondary N) is 9. The average molecular weight is 1180 g/mol. The van der Waals surface area contributed by atoms with E-state index in [-0.39, 0.29) is 51.2 Å². The molecular formula is C52H93N15O16. The summed E-state index contributed by atoms with van der Waals surface area (Å²) >= 11 is 0. The molecule has 0 aliphatic rings. The number of hydrogen-bond donors (Lipinski definition) is 17. The number of aliphatic carboxylic acids is 3. The molecule has 472 valence electrons. The van der Waals surface area contributed by atoms with Crippen LogP contribution >= 0.6 is 0 Å². The number of unbranched alkanes of at least 4 members (excludes halogenated alkanes) is 1. The molecule has 0 aromatic heterocycles. The number of amides is 10. The molecule has 22 N–H and O–H groups in total. The number of nitrogens with two attached hydrogens (primary N) is 5. The Labute approximate surface area is 483 Å². The van der Waals surface area contributed by atoms with Crippen LogP contribution in [0.4, 0.5) is 0 Å². The lowest BCUT2D eigenvalue weighted by atomic mass is 9.94. The van der Waals surface area contributed by atoms with E-state index < -0.39 is 187 Å². The first-order chi connectivity index (χ1) is 38.8. The summed E-state index contributed by atoms with van der Waals surface area (Å²) in [5.41, 5.74) is 27.7. The Balaban J connectivity index is 6.69. The van der Waals surface area contributed by atoms with Gasteiger partial charge in [0, 0.05) is 13.0 Å². The molecule has 0 aliphatic heterocycles. The molecule has 0 radical (unpaired) electrons. The zero-order valence-corrected chi connectivity index (χ0v) is 49.2. The van der Waals surface area contributed by atoms with Crippen molar-refractivity contribution in [2.45, 2.75) is 206 Å². The van der Waals surface area contributed by atoms with E-state index in [0.717, 1.165) is 0 Å². The Hall–Kier alpha value is -7.70. The molecule has 0 rings (SSSR count). The quantitative estimate of drug-likeness (QED) is 0.0159. The number of hydrogen-bond acceptors (Lipinski definition) is 16. The lowest BCUT2D eigenvalue weighted by Crippen LogP contribution is -2.62. The number of carboxylic acids is 3. The van der Waals surface area contributed by atoms with E-state index in [9.17, 15) is 77.6 Å². The minimum Gasteiger partial charge on any atom is -0.481 e. The molecule has 0 unspecified atom stereocenters. The normalized spacial score (nSPS) is 16.1. The minimum absolute atomic E-state index is 0.0737. The highest BCUT2D eigenvalue weighted by atomic mass is 16.4. The summed E-state index contributed by atoms with van der Waals surface area (Å²) < 4.78 is 0. The van der Waals surface area contributed by atoms with Crippen molar-refractivity contribution in [3.8, 4) is 0 Å². The van der Waals surface area contributed by atoms with Crippen molar-refractivity contribution in [2.24, 2.45) is 57.3 Å². The number of rotatable bonds is 42. The fourth-order valence-corrected chi connectivity index (χ4v) is 8.01. The Morgan fingerprint density at radius 2 is 0.807 bits per heavy atom. The molecule has 83 heavy (non-hydrogen) atoms. The van der Waals surface area contributed by atoms with Crippen molar-refractivity contribution in [3.05, 3.63) is 0 Å². The van der Waals surface area contributed by atoms with Gasteiger partial charge in [-0.15, -0.1) is 0 Å². The van der Waals surface area contributed by atoms with Gasteiger partial charge in [0.2, 0.25) is 59.1 Å². The van der Waals surface area contributed by atoms with Crippen LogP contribution in [0.25, 0.3) is 0 Å². The van der Waals surface area contributed by atoms with Crippen molar-refractivity contribution in [2.75, 3.05) is 13.1 Å². The molecule has 10 amide bonds. The SMILES string of the molecule is CC[C@@H](C)[C@H](NC(=O)[C@@H](NC(=O)[C@@H](CCC(=O)O)NC(=O)[C@H](C)NC(=O)[C@H](NC(=O)[C@H](CC(N)=O)NC(=O)[C@@H](N)CCCN=C(N)N)[C@H](C)CC)[C@H](C)CC)C(=O)N[C@H](CCCCN)C(=O)N[C@@H](CC(=O)O)C(=O)N[C@@H](C(=O)O)[C@H](C)CC. The summed E-state index contributed by atoms with van der Waals surface area (Å²) in [6.07, 6.45) is -0.701. The largest absolute Gasteiger partial charge is 0.481 e. The Morgan fingerprint density at radius 3 is 1.25 bits per heavy atom. The second-order valence-electron chi connectivity index (χ2n) is 20.8. The third-order valence-electron chi connectivity index (χ3n) is 14.1. The first-order valence-corrected chi connectivity index (χ1v) is 28.0. The molecule has 0 bridgehead atoms. The molecule has 0 saturated carbocycles. The van der Waals surface area contributed by atoms with E-state index in [2.05, 4.69) is 52.8 Å². The van der Waals surface area contributed by atoms with Crippen LogP contribution in [0.1, 0.15) is 146 Å². The van der Waals surface area contributed by atoms with Crippen molar-refractivity contribution in [1.82, 2.24) is 47.9 Å². The van der Waals surface area contributed by atoms with Gasteiger partial charge in [-0.3, -0.25) is 62.5 Å². The van der Waals surface area contributed by atoms with Crippen molar-refractivity contribution < 1.29 is 77.6 Å². The van der Waals surface area contributed by atoms with Crippen LogP contribution in [0.15, 0.2) is 4.99 Å². The second kappa shape index (κ2) is 38.9. The van der Waals surface area contributed by atoms with Gasteiger partial charge in [-0.05, 0) is 75.7 Å². The molecule has 0 aliphatic carbocycles. The van der Waals surface area contributed by atoms with E-state index in [1.807, 2.05) is 0 Å². The first-order valence-electron chi connectivity index (χ1n) is 28.0. The maximum Gasteiger partial charge on any atom is 0.326 e. The number of guanidine groups is 1. The molecule has 0 spiro atoms. The monoisotopic (exact) mass is 1180 g/mol. The van der Waals surface area contributed by atoms with Crippen LogP contribution < -0.4 is 76.5 Å². The van der Waals surface area contributed by atoms with E-state index in [1.54, 1.807) is 55.4 Å². The second-order valence-corrected chi connectivity index (χ2v) is 20.8. The fourth-order valence-electron chi connectivity index (χ4n) is 8.01. The Kier molecular flexibility index (Phi) is 35.3. The lowest BCUT2D eigenvalue weighted by molar-refractivity contribution is -0.145. The zero-order valence-electron chi connectivity index (χ0n) is 49.2. The van der Waals surface area contributed by atoms with Crippen molar-refractivity contribution >= 4 is 82.9 Å². The van der Waals surface area contributed by atoms with Crippen LogP contribution in [-0.2, 0) is 62.3 Å². The van der Waals surface area contributed by atoms with E-state index >= 15 is 0 Å². The summed E-state index contributed by atoms with van der Waals surface area (Å²) in [4.78, 5) is 175. The number of carbonyl (C=O) groups is 13. The van der Waals surface area contributed by atoms with Crippen LogP contribution in [0, 0.1) is 23.7 Å². The van der Waals surface area contributed by atoms with Gasteiger partial charge in [-0.1, -0.05) is 81.1 Å². The first kappa shape index (κ1) is 75.3. The smallest absolute Gasteiger partial charge is 0.326 e. The summed E-state index contributed by atoms with van der Waals surface area (Å²) in [6.45, 7) is 14.7. The van der Waals surface area contributed by atoms with E-state index in [0.29, 0.717) is 25.7 Å². The van der Waals surface area contributed by atoms with Crippen LogP contribution in [0.3, 0.4) is 0 Å². The number of aliphatic imine (C=N–C) groups is 1. The molecule has 0 fully saturated rings. The summed E-state index contributed by atoms with van der Waals surface area (Å²) in [7, 11) is 0. The fraction of sp³-hybridized carbons (Fsp3) is 0.731. The molecule has 0 saturated heterocycles. The van der Waals surface area contributed by atoms with Crippen molar-refractivity contribution in [1.29, 1.82) is 0 Å². The van der Waals surface area contributed by atoms with Gasteiger partial charge >= 0.3 is 17.9 Å². The predicted octanol–water partition coefficient (Wildman–Crippen LogP) is -3.64. The standard InChI is InChI=1S/C52H93N15O16/c1-10-25(5)38(65-46(77)33(23-35(55)68)62-43(74)30(54)17-16-22-58-52(56)57)48(79)59-29(9)42(73)60-32(19-20-36(69)70)45(76)64-40(27(7)12-3)50(81)66-39(26(6)11-2)49(80)61-31(18-14-15-21-53)44(75)63-34(24-37(71)72)47(78)67-41(51(82)83)28(8)13-4/h25-34,38-41H,10-24,53-54H2,1-9H3,(H2,55,68)(H,59,79)(H,60,73)(H,61,80)(H,62,74)(H,63,75)(H,64,76)(H,65,77)(H,66,81)(H,67,78)(H,69,70)(H,71,72)(H,82,83)(H4,56,57,58)/t25-,26-,27-,28-,29+,30+,31-,32-,33+,34+,38-,39+,40+,41-/m1/s1. The van der Waals surface area contributed by atoms with Crippen LogP contribution in [-0.4, -0.2) is 172 Å². The molecule has 0 heterocycles. The highest BCUT2D eigenvalue weighted by Gasteiger charge is 2.38. The lowest BCUT2D eigenvalue weighted by Gasteiger charge is -2.31. The number of carboxylic acid groups (broad SMARTS) is 3. The maximum atomic E-state index is 14.3. The van der Waals surface area contributed by atoms with Gasteiger partial charge in [-0.25, -0.2) is 4.79 Å². The number of nitrogens with zero attached hydrogens (tertiary/aromatic N) is 1. The molecular weight excluding hydrogens is 1090 g/mol. The summed E-state index contributed by atoms with van der Waals surface area (Å²) in [5.74, 6) is -16.5. The zero-order chi connectivity index (χ0) is 63.8. The molecule has 31 heteroatoms. The minimum atomic E-state index is -1.78. The van der Waals surface area contributed by atoms with Gasteiger partial charge < -0.3 is 91.8 Å². The van der Waals surface area contributed by atoms with Gasteiger partial charge in [0.25, 0.3) is 0 Å². The van der Waals surface area contributed by atoms with Crippen LogP contribution in [0.5, 0.6) is 0 Å². The average Bonchev–Trinajstić information content (AvgIpc) is 3.50. The maximum absolute atomic E-state index is 14.3. The topological polar surface area (TPSA) is 533 Å². The number of primary amides is 1. The summed E-state index contributed by atoms with van der Waals surface area (Å²) in [6, 6.07) is -14.7. The van der Waals surface area contributed by atoms with Gasteiger partial charge in [0.15, 0.2) is 5.96 Å².